The topological polar surface area (TPSA) is 3.01 Å². The first-order valence-corrected chi connectivity index (χ1v) is 28.0. The average Bonchev–Trinajstić information content (AvgIpc) is 4.17. The van der Waals surface area contributed by atoms with Crippen molar-refractivity contribution < 1.29 is 0 Å². The van der Waals surface area contributed by atoms with E-state index in [0.717, 1.165) is 0 Å². The van der Waals surface area contributed by atoms with Crippen LogP contribution in [0.4, 0.5) is 0 Å². The number of hydrogen-bond acceptors (Lipinski definition) is 1. The van der Waals surface area contributed by atoms with Crippen LogP contribution >= 0.6 is 0 Å². The summed E-state index contributed by atoms with van der Waals surface area (Å²) in [7, 11) is 0. The van der Waals surface area contributed by atoms with E-state index in [0.29, 0.717) is 0 Å². The summed E-state index contributed by atoms with van der Waals surface area (Å²) >= 11 is 0. The zero-order valence-electron chi connectivity index (χ0n) is 37.8. The van der Waals surface area contributed by atoms with E-state index >= 15 is 0 Å². The van der Waals surface area contributed by atoms with E-state index in [4.69, 9.17) is 0 Å². The Morgan fingerprint density at radius 3 is 0.577 bits per heavy atom. The monoisotopic (exact) mass is 875 g/mol. The van der Waals surface area contributed by atoms with Crippen molar-refractivity contribution in [2.75, 3.05) is 6.54 Å². The van der Waals surface area contributed by atoms with Crippen LogP contribution in [0.1, 0.15) is 80.5 Å². The van der Waals surface area contributed by atoms with Gasteiger partial charge in [-0.05, 0) is 320 Å². The van der Waals surface area contributed by atoms with E-state index in [1.165, 1.54) is 57.9 Å². The molecule has 71 heavy (non-hydrogen) atoms. The van der Waals surface area contributed by atoms with Gasteiger partial charge in [0, 0.05) is 6.54 Å². The molecule has 2 spiro atoms. The number of unbranched alkanes of at least 4 members (excludes halogenated alkanes) is 7. The maximum absolute atomic E-state index is 3.31. The van der Waals surface area contributed by atoms with Crippen LogP contribution in [0.2, 0.25) is 0 Å². The summed E-state index contributed by atoms with van der Waals surface area (Å²) < 4.78 is 0. The molecule has 1 aliphatic heterocycles. The van der Waals surface area contributed by atoms with Crippen molar-refractivity contribution in [1.82, 2.24) is 4.90 Å². The van der Waals surface area contributed by atoms with Gasteiger partial charge in [0.2, 0.25) is 0 Å². The van der Waals surface area contributed by atoms with Crippen molar-refractivity contribution in [3.63, 3.8) is 0 Å². The molecule has 4 aliphatic carbocycles. The molecule has 28 aromatic rings. The number of benzene rings is 17. The Hall–Kier alpha value is -7.58. The molecule has 306 valence electrons. The first kappa shape index (κ1) is 27.7. The summed E-state index contributed by atoms with van der Waals surface area (Å²) in [4.78, 5) is 3.31. The normalized spacial score (nSPS) is 23.2. The maximum atomic E-state index is 3.31. The second kappa shape index (κ2) is 6.49. The lowest BCUT2D eigenvalue weighted by atomic mass is 9.69. The SMILES string of the molecule is CCCCCCCCCCN1C23c4c5c6c7c8c9c(c%10c%11c2c2c%12c4c4c%13c5c5c7c7c8c8c%14c9c%10c9c%10c%11c2c2c%11c%12c4c4c%12c%13c5c5c7c7c8c8c%14c9c9c%10c2c2c%11c4c4c%12c5c7c5c8c9c2c45)C613. The molecular formula is C70H21N. The van der Waals surface area contributed by atoms with Gasteiger partial charge in [0.15, 0.2) is 0 Å². The molecule has 1 fully saturated rings. The number of nitrogens with zero attached hydrogens (tertiary/aromatic N) is 1. The molecule has 0 aromatic heterocycles. The summed E-state index contributed by atoms with van der Waals surface area (Å²) in [6.07, 6.45) is 11.0. The molecule has 28 aromatic carbocycles. The lowest BCUT2D eigenvalue weighted by Gasteiger charge is -2.29. The molecule has 2 atom stereocenters. The fraction of sp³-hybridized carbons (Fsp3) is 0.171. The van der Waals surface area contributed by atoms with Crippen LogP contribution in [0.25, 0.3) is 291 Å². The molecule has 1 saturated heterocycles. The molecule has 0 saturated carbocycles. The van der Waals surface area contributed by atoms with Crippen LogP contribution in [0.5, 0.6) is 0 Å². The quantitative estimate of drug-likeness (QED) is 0.0793. The van der Waals surface area contributed by atoms with Crippen molar-refractivity contribution in [3.05, 3.63) is 22.3 Å². The Labute approximate surface area is 391 Å². The molecule has 0 radical (unpaired) electrons. The molecule has 1 nitrogen and oxygen atoms in total. The van der Waals surface area contributed by atoms with E-state index in [1.807, 2.05) is 22.3 Å². The highest BCUT2D eigenvalue weighted by Gasteiger charge is 2.86. The molecular weight excluding hydrogens is 855 g/mol. The zero-order chi connectivity index (χ0) is 42.4. The third-order valence-corrected chi connectivity index (χ3v) is 26.2. The van der Waals surface area contributed by atoms with Gasteiger partial charge < -0.3 is 0 Å². The predicted molar refractivity (Wildman–Crippen MR) is 303 cm³/mol. The van der Waals surface area contributed by atoms with E-state index in [2.05, 4.69) is 11.8 Å². The summed E-state index contributed by atoms with van der Waals surface area (Å²) in [5.74, 6) is 0. The second-order valence-electron chi connectivity index (χ2n) is 26.8. The minimum absolute atomic E-state index is 0.153. The fourth-order valence-corrected chi connectivity index (χ4v) is 25.9. The molecule has 5 aliphatic rings. The van der Waals surface area contributed by atoms with Crippen LogP contribution in [0.15, 0.2) is 0 Å². The standard InChI is InChI=1S/C70H21N/c1-2-3-4-5-6-7-8-9-10-71-69-65-58-51-39-31-22-13-11-12-14-17(13)26-33(31)41-42-34(26)32-23(14)25-21-16(12)19-18-15(11)20-24(22)37(39)45-43-29(20)27(18)35-36-28(19)30(21)44-46-38(25)40(32)52-54(42)63(62(65)53(41)51)66-59(52)57(46)61-50(44)48(36)55-47(35)49(43)60(56(45)58)67(69)64(55)68(61)70(66,69)71/h2-10H2,1H3. The fourth-order valence-electron chi connectivity index (χ4n) is 25.9. The van der Waals surface area contributed by atoms with Crippen LogP contribution in [-0.4, -0.2) is 11.4 Å². The van der Waals surface area contributed by atoms with E-state index < -0.39 is 0 Å². The third-order valence-electron chi connectivity index (χ3n) is 26.2. The van der Waals surface area contributed by atoms with Crippen LogP contribution < -0.4 is 0 Å². The molecule has 33 rings (SSSR count). The van der Waals surface area contributed by atoms with Gasteiger partial charge >= 0.3 is 0 Å². The lowest BCUT2D eigenvalue weighted by Crippen LogP contribution is -2.25. The number of hydrogen-bond donors (Lipinski definition) is 0. The molecule has 1 heteroatoms. The van der Waals surface area contributed by atoms with E-state index in [9.17, 15) is 0 Å². The highest BCUT2D eigenvalue weighted by molar-refractivity contribution is 6.82. The molecule has 2 unspecified atom stereocenters. The van der Waals surface area contributed by atoms with Gasteiger partial charge in [-0.25, -0.2) is 0 Å². The van der Waals surface area contributed by atoms with Crippen molar-refractivity contribution in [2.24, 2.45) is 0 Å². The Balaban J connectivity index is 1.04. The minimum atomic E-state index is -0.153. The Morgan fingerprint density at radius 2 is 0.338 bits per heavy atom. The smallest absolute Gasteiger partial charge is 0.102 e. The van der Waals surface area contributed by atoms with E-state index in [1.54, 1.807) is 291 Å². The molecule has 0 bridgehead atoms. The second-order valence-corrected chi connectivity index (χ2v) is 26.8. The zero-order valence-corrected chi connectivity index (χ0v) is 37.8. The van der Waals surface area contributed by atoms with Crippen LogP contribution in [0, 0.1) is 0 Å². The van der Waals surface area contributed by atoms with E-state index in [-0.39, 0.29) is 11.1 Å². The molecule has 0 N–H and O–H groups in total. The average molecular weight is 876 g/mol. The molecule has 1 heterocycles. The van der Waals surface area contributed by atoms with Gasteiger partial charge in [0.1, 0.15) is 11.1 Å². The molecule has 0 amide bonds. The minimum Gasteiger partial charge on any atom is -0.271 e. The number of rotatable bonds is 9. The van der Waals surface area contributed by atoms with Crippen molar-refractivity contribution in [3.8, 4) is 0 Å². The first-order valence-electron chi connectivity index (χ1n) is 28.0. The Morgan fingerprint density at radius 1 is 0.183 bits per heavy atom. The summed E-state index contributed by atoms with van der Waals surface area (Å²) in [6.45, 7) is 3.56. The van der Waals surface area contributed by atoms with Gasteiger partial charge in [0.25, 0.3) is 0 Å². The van der Waals surface area contributed by atoms with Crippen molar-refractivity contribution >= 4 is 291 Å². The van der Waals surface area contributed by atoms with Crippen LogP contribution in [-0.2, 0) is 11.1 Å². The highest BCUT2D eigenvalue weighted by atomic mass is 15.5. The maximum Gasteiger partial charge on any atom is 0.102 e. The van der Waals surface area contributed by atoms with Crippen molar-refractivity contribution in [1.29, 1.82) is 0 Å². The largest absolute Gasteiger partial charge is 0.271 e. The summed E-state index contributed by atoms with van der Waals surface area (Å²) in [6, 6.07) is 0. The first-order chi connectivity index (χ1) is 35.4. The predicted octanol–water partition coefficient (Wildman–Crippen LogP) is 19.7. The van der Waals surface area contributed by atoms with Gasteiger partial charge in [0.05, 0.1) is 0 Å². The lowest BCUT2D eigenvalue weighted by molar-refractivity contribution is 0.401. The van der Waals surface area contributed by atoms with Gasteiger partial charge in [-0.15, -0.1) is 0 Å². The van der Waals surface area contributed by atoms with Gasteiger partial charge in [-0.3, -0.25) is 4.90 Å². The van der Waals surface area contributed by atoms with Gasteiger partial charge in [-0.2, -0.15) is 0 Å². The Kier molecular flexibility index (Phi) is 2.54. The summed E-state index contributed by atoms with van der Waals surface area (Å²) in [5, 5.41) is 91.9. The van der Waals surface area contributed by atoms with Gasteiger partial charge in [-0.1, -0.05) is 51.9 Å². The van der Waals surface area contributed by atoms with Crippen molar-refractivity contribution in [2.45, 2.75) is 69.4 Å². The Bertz CT molecular complexity index is 6850. The third kappa shape index (κ3) is 1.53. The van der Waals surface area contributed by atoms with Crippen LogP contribution in [0.3, 0.4) is 0 Å². The summed E-state index contributed by atoms with van der Waals surface area (Å²) in [5.41, 5.74) is 6.94. The highest BCUT2D eigenvalue weighted by Crippen LogP contribution is 2.90.